The lowest BCUT2D eigenvalue weighted by atomic mass is 10.1. The Bertz CT molecular complexity index is 1460. The predicted octanol–water partition coefficient (Wildman–Crippen LogP) is 6.32. The van der Waals surface area contributed by atoms with Crippen LogP contribution in [0.1, 0.15) is 21.7 Å². The Morgan fingerprint density at radius 1 is 0.865 bits per heavy atom. The van der Waals surface area contributed by atoms with Gasteiger partial charge in [0.25, 0.3) is 5.91 Å². The van der Waals surface area contributed by atoms with Crippen LogP contribution in [0.15, 0.2) is 108 Å². The van der Waals surface area contributed by atoms with Gasteiger partial charge in [-0.1, -0.05) is 60.7 Å². The average Bonchev–Trinajstić information content (AvgIpc) is 3.57. The SMILES string of the molecule is COc1ccccc1Oc1c(CN(Cc2ccco2)C(=O)c2ccccc2)c(-c2ccccc2)nn1C. The molecule has 0 aliphatic heterocycles. The summed E-state index contributed by atoms with van der Waals surface area (Å²) in [6.07, 6.45) is 1.61. The molecular weight excluding hydrogens is 466 g/mol. The van der Waals surface area contributed by atoms with Crippen molar-refractivity contribution < 1.29 is 18.7 Å². The van der Waals surface area contributed by atoms with Crippen LogP contribution < -0.4 is 9.47 Å². The minimum Gasteiger partial charge on any atom is -0.493 e. The Balaban J connectivity index is 1.60. The zero-order valence-electron chi connectivity index (χ0n) is 20.7. The number of hydrogen-bond donors (Lipinski definition) is 0. The molecule has 0 saturated carbocycles. The van der Waals surface area contributed by atoms with Gasteiger partial charge in [-0.15, -0.1) is 0 Å². The van der Waals surface area contributed by atoms with Crippen molar-refractivity contribution in [3.05, 3.63) is 120 Å². The number of hydrogen-bond acceptors (Lipinski definition) is 5. The van der Waals surface area contributed by atoms with Gasteiger partial charge < -0.3 is 18.8 Å². The van der Waals surface area contributed by atoms with Gasteiger partial charge in [-0.2, -0.15) is 5.10 Å². The number of ether oxygens (including phenoxy) is 2. The van der Waals surface area contributed by atoms with E-state index in [1.54, 1.807) is 23.0 Å². The molecule has 0 atom stereocenters. The first-order valence-corrected chi connectivity index (χ1v) is 11.9. The topological polar surface area (TPSA) is 69.7 Å². The number of amides is 1. The monoisotopic (exact) mass is 493 g/mol. The quantitative estimate of drug-likeness (QED) is 0.240. The molecule has 2 heterocycles. The van der Waals surface area contributed by atoms with Crippen LogP contribution in [0.5, 0.6) is 17.4 Å². The summed E-state index contributed by atoms with van der Waals surface area (Å²) in [6.45, 7) is 0.537. The van der Waals surface area contributed by atoms with Gasteiger partial charge in [0.2, 0.25) is 5.88 Å². The Morgan fingerprint density at radius 2 is 1.54 bits per heavy atom. The van der Waals surface area contributed by atoms with E-state index in [4.69, 9.17) is 19.0 Å². The highest BCUT2D eigenvalue weighted by molar-refractivity contribution is 5.94. The van der Waals surface area contributed by atoms with Gasteiger partial charge in [0.05, 0.1) is 32.0 Å². The van der Waals surface area contributed by atoms with Crippen molar-refractivity contribution in [3.8, 4) is 28.6 Å². The zero-order valence-corrected chi connectivity index (χ0v) is 20.7. The zero-order chi connectivity index (χ0) is 25.6. The summed E-state index contributed by atoms with van der Waals surface area (Å²) < 4.78 is 19.2. The lowest BCUT2D eigenvalue weighted by Crippen LogP contribution is -2.30. The molecule has 0 unspecified atom stereocenters. The van der Waals surface area contributed by atoms with E-state index < -0.39 is 0 Å². The summed E-state index contributed by atoms with van der Waals surface area (Å²) in [5, 5.41) is 4.80. The van der Waals surface area contributed by atoms with Crippen LogP contribution in [-0.2, 0) is 20.1 Å². The molecule has 0 N–H and O–H groups in total. The second kappa shape index (κ2) is 10.9. The van der Waals surface area contributed by atoms with Gasteiger partial charge in [-0.05, 0) is 36.4 Å². The summed E-state index contributed by atoms with van der Waals surface area (Å²) in [4.78, 5) is 15.4. The summed E-state index contributed by atoms with van der Waals surface area (Å²) in [5.74, 6) is 2.24. The van der Waals surface area contributed by atoms with Gasteiger partial charge in [-0.3, -0.25) is 4.79 Å². The van der Waals surface area contributed by atoms with Crippen LogP contribution in [-0.4, -0.2) is 27.7 Å². The van der Waals surface area contributed by atoms with Crippen LogP contribution in [0.4, 0.5) is 0 Å². The minimum atomic E-state index is -0.122. The molecule has 37 heavy (non-hydrogen) atoms. The molecule has 7 nitrogen and oxygen atoms in total. The first kappa shape index (κ1) is 23.9. The van der Waals surface area contributed by atoms with Crippen molar-refractivity contribution in [1.29, 1.82) is 0 Å². The first-order chi connectivity index (χ1) is 18.1. The highest BCUT2D eigenvalue weighted by Gasteiger charge is 2.26. The van der Waals surface area contributed by atoms with Gasteiger partial charge in [0.1, 0.15) is 11.5 Å². The Labute approximate surface area is 215 Å². The van der Waals surface area contributed by atoms with E-state index in [2.05, 4.69) is 0 Å². The molecule has 0 bridgehead atoms. The number of furan rings is 1. The summed E-state index contributed by atoms with van der Waals surface area (Å²) in [7, 11) is 3.43. The molecule has 5 aromatic rings. The highest BCUT2D eigenvalue weighted by Crippen LogP contribution is 2.37. The second-order valence-electron chi connectivity index (χ2n) is 8.48. The van der Waals surface area contributed by atoms with E-state index >= 15 is 0 Å². The van der Waals surface area contributed by atoms with Crippen molar-refractivity contribution >= 4 is 5.91 Å². The highest BCUT2D eigenvalue weighted by atomic mass is 16.5. The van der Waals surface area contributed by atoms with E-state index in [1.807, 2.05) is 104 Å². The molecule has 0 fully saturated rings. The average molecular weight is 494 g/mol. The number of carbonyl (C=O) groups is 1. The van der Waals surface area contributed by atoms with Crippen molar-refractivity contribution in [2.24, 2.45) is 7.05 Å². The molecule has 0 spiro atoms. The van der Waals surface area contributed by atoms with Crippen LogP contribution in [0, 0.1) is 0 Å². The maximum Gasteiger partial charge on any atom is 0.254 e. The fourth-order valence-electron chi connectivity index (χ4n) is 4.20. The third-order valence-corrected chi connectivity index (χ3v) is 5.99. The summed E-state index contributed by atoms with van der Waals surface area (Å²) in [5.41, 5.74) is 3.02. The molecule has 0 radical (unpaired) electrons. The number of carbonyl (C=O) groups excluding carboxylic acids is 1. The van der Waals surface area contributed by atoms with Crippen LogP contribution >= 0.6 is 0 Å². The second-order valence-corrected chi connectivity index (χ2v) is 8.48. The molecule has 2 aromatic heterocycles. The van der Waals surface area contributed by atoms with Crippen LogP contribution in [0.3, 0.4) is 0 Å². The lowest BCUT2D eigenvalue weighted by Gasteiger charge is -2.23. The number of methoxy groups -OCH3 is 1. The molecule has 5 rings (SSSR count). The Hall–Kier alpha value is -4.78. The number of benzene rings is 3. The number of rotatable bonds is 9. The van der Waals surface area contributed by atoms with Crippen LogP contribution in [0.2, 0.25) is 0 Å². The number of aromatic nitrogens is 2. The van der Waals surface area contributed by atoms with E-state index in [0.29, 0.717) is 28.7 Å². The van der Waals surface area contributed by atoms with E-state index in [1.165, 1.54) is 0 Å². The van der Waals surface area contributed by atoms with Gasteiger partial charge in [0.15, 0.2) is 11.5 Å². The van der Waals surface area contributed by atoms with Gasteiger partial charge in [0, 0.05) is 18.2 Å². The largest absolute Gasteiger partial charge is 0.493 e. The van der Waals surface area contributed by atoms with Crippen molar-refractivity contribution in [2.45, 2.75) is 13.1 Å². The standard InChI is InChI=1S/C30H27N3O4/c1-32-30(37-27-18-10-9-17-26(27)35-2)25(28(31-32)22-12-5-3-6-13-22)21-33(20-24-16-11-19-36-24)29(34)23-14-7-4-8-15-23/h3-19H,20-21H2,1-2H3. The van der Waals surface area contributed by atoms with Gasteiger partial charge >= 0.3 is 0 Å². The van der Waals surface area contributed by atoms with Crippen LogP contribution in [0.25, 0.3) is 11.3 Å². The Kier molecular flexibility index (Phi) is 7.03. The molecule has 3 aromatic carbocycles. The number of para-hydroxylation sites is 2. The summed E-state index contributed by atoms with van der Waals surface area (Å²) >= 11 is 0. The van der Waals surface area contributed by atoms with Crippen molar-refractivity contribution in [3.63, 3.8) is 0 Å². The van der Waals surface area contributed by atoms with Crippen molar-refractivity contribution in [1.82, 2.24) is 14.7 Å². The van der Waals surface area contributed by atoms with E-state index in [0.717, 1.165) is 16.8 Å². The number of aryl methyl sites for hydroxylation is 1. The molecule has 0 aliphatic rings. The maximum atomic E-state index is 13.7. The predicted molar refractivity (Wildman–Crippen MR) is 140 cm³/mol. The fraction of sp³-hybridized carbons (Fsp3) is 0.133. The summed E-state index contributed by atoms with van der Waals surface area (Å²) in [6, 6.07) is 30.2. The maximum absolute atomic E-state index is 13.7. The molecule has 7 heteroatoms. The number of nitrogens with zero attached hydrogens (tertiary/aromatic N) is 3. The Morgan fingerprint density at radius 3 is 2.22 bits per heavy atom. The fourth-order valence-corrected chi connectivity index (χ4v) is 4.20. The smallest absolute Gasteiger partial charge is 0.254 e. The normalized spacial score (nSPS) is 10.8. The van der Waals surface area contributed by atoms with Crippen molar-refractivity contribution in [2.75, 3.05) is 7.11 Å². The third kappa shape index (κ3) is 5.26. The lowest BCUT2D eigenvalue weighted by molar-refractivity contribution is 0.0717. The van der Waals surface area contributed by atoms with E-state index in [-0.39, 0.29) is 19.0 Å². The first-order valence-electron chi connectivity index (χ1n) is 11.9. The minimum absolute atomic E-state index is 0.122. The third-order valence-electron chi connectivity index (χ3n) is 5.99. The molecule has 0 aliphatic carbocycles. The molecule has 186 valence electrons. The van der Waals surface area contributed by atoms with Gasteiger partial charge in [-0.25, -0.2) is 4.68 Å². The molecule has 1 amide bonds. The molecule has 0 saturated heterocycles. The molecular formula is C30H27N3O4. The van der Waals surface area contributed by atoms with E-state index in [9.17, 15) is 4.79 Å².